The van der Waals surface area contributed by atoms with E-state index in [9.17, 15) is 4.79 Å². The third-order valence-electron chi connectivity index (χ3n) is 7.44. The SMILES string of the molecule is COc1cc(C2C(C(=O)OCc3ccccc3)=C(C)Nc3nc(SCc4ccccc4Cl)nn32)cc(Br)c1OCc1ccc(Cl)cc1. The summed E-state index contributed by atoms with van der Waals surface area (Å²) >= 11 is 17.6. The number of ether oxygens (including phenoxy) is 3. The monoisotopic (exact) mass is 750 g/mol. The van der Waals surface area contributed by atoms with Gasteiger partial charge >= 0.3 is 5.97 Å². The smallest absolute Gasteiger partial charge is 0.338 e. The minimum atomic E-state index is -0.688. The number of carbonyl (C=O) groups is 1. The molecule has 47 heavy (non-hydrogen) atoms. The van der Waals surface area contributed by atoms with Crippen LogP contribution in [0.4, 0.5) is 5.95 Å². The number of thioether (sulfide) groups is 1. The summed E-state index contributed by atoms with van der Waals surface area (Å²) in [7, 11) is 1.57. The minimum absolute atomic E-state index is 0.122. The number of aromatic nitrogens is 3. The van der Waals surface area contributed by atoms with Crippen molar-refractivity contribution in [3.05, 3.63) is 139 Å². The second-order valence-corrected chi connectivity index (χ2v) is 13.3. The van der Waals surface area contributed by atoms with Crippen molar-refractivity contribution in [2.45, 2.75) is 37.1 Å². The van der Waals surface area contributed by atoms with Gasteiger partial charge in [-0.15, -0.1) is 5.10 Å². The fourth-order valence-electron chi connectivity index (χ4n) is 5.10. The number of hydrogen-bond acceptors (Lipinski definition) is 8. The van der Waals surface area contributed by atoms with Gasteiger partial charge in [0.15, 0.2) is 11.5 Å². The number of nitrogens with one attached hydrogen (secondary N) is 1. The van der Waals surface area contributed by atoms with Crippen molar-refractivity contribution in [1.29, 1.82) is 0 Å². The molecule has 8 nitrogen and oxygen atoms in total. The molecule has 0 radical (unpaired) electrons. The highest BCUT2D eigenvalue weighted by Gasteiger charge is 2.36. The summed E-state index contributed by atoms with van der Waals surface area (Å²) in [6.45, 7) is 2.25. The Bertz CT molecular complexity index is 1940. The molecule has 1 N–H and O–H groups in total. The van der Waals surface area contributed by atoms with Crippen molar-refractivity contribution in [2.75, 3.05) is 12.4 Å². The van der Waals surface area contributed by atoms with Crippen LogP contribution in [-0.4, -0.2) is 27.8 Å². The number of methoxy groups -OCH3 is 1. The van der Waals surface area contributed by atoms with Crippen LogP contribution >= 0.6 is 50.9 Å². The first-order chi connectivity index (χ1) is 22.8. The number of anilines is 1. The molecule has 2 heterocycles. The fraction of sp³-hybridized carbons (Fsp3) is 0.171. The van der Waals surface area contributed by atoms with Gasteiger partial charge in [0.25, 0.3) is 0 Å². The van der Waals surface area contributed by atoms with Crippen LogP contribution in [0.5, 0.6) is 11.5 Å². The maximum atomic E-state index is 13.8. The number of allylic oxidation sites excluding steroid dienone is 1. The number of esters is 1. The lowest BCUT2D eigenvalue weighted by Gasteiger charge is -2.29. The normalized spacial score (nSPS) is 13.9. The van der Waals surface area contributed by atoms with E-state index in [1.807, 2.05) is 97.9 Å². The fourth-order valence-corrected chi connectivity index (χ4v) is 6.91. The van der Waals surface area contributed by atoms with Crippen molar-refractivity contribution in [2.24, 2.45) is 0 Å². The summed E-state index contributed by atoms with van der Waals surface area (Å²) in [6, 6.07) is 27.7. The van der Waals surface area contributed by atoms with E-state index in [1.54, 1.807) is 11.8 Å². The molecule has 0 fully saturated rings. The lowest BCUT2D eigenvalue weighted by Crippen LogP contribution is -2.29. The predicted octanol–water partition coefficient (Wildman–Crippen LogP) is 9.26. The number of benzene rings is 4. The highest BCUT2D eigenvalue weighted by atomic mass is 79.9. The molecule has 0 bridgehead atoms. The van der Waals surface area contributed by atoms with Crippen molar-refractivity contribution in [3.8, 4) is 11.5 Å². The molecular formula is C35H29BrCl2N4O4S. The second kappa shape index (κ2) is 14.9. The predicted molar refractivity (Wildman–Crippen MR) is 188 cm³/mol. The third-order valence-corrected chi connectivity index (χ3v) is 9.54. The van der Waals surface area contributed by atoms with Crippen molar-refractivity contribution in [3.63, 3.8) is 0 Å². The van der Waals surface area contributed by atoms with Gasteiger partial charge in [-0.2, -0.15) is 4.98 Å². The zero-order valence-corrected chi connectivity index (χ0v) is 29.3. The zero-order valence-electron chi connectivity index (χ0n) is 25.4. The van der Waals surface area contributed by atoms with Gasteiger partial charge < -0.3 is 19.5 Å². The van der Waals surface area contributed by atoms with E-state index >= 15 is 0 Å². The Labute approximate surface area is 295 Å². The topological polar surface area (TPSA) is 87.5 Å². The summed E-state index contributed by atoms with van der Waals surface area (Å²) in [5.41, 5.74) is 4.51. The molecule has 1 atom stereocenters. The quantitative estimate of drug-likeness (QED) is 0.106. The zero-order chi connectivity index (χ0) is 32.9. The third kappa shape index (κ3) is 7.62. The Hall–Kier alpha value is -3.96. The van der Waals surface area contributed by atoms with Gasteiger partial charge in [0.2, 0.25) is 11.1 Å². The van der Waals surface area contributed by atoms with Crippen LogP contribution in [0.15, 0.2) is 112 Å². The molecule has 6 rings (SSSR count). The Morgan fingerprint density at radius 2 is 1.70 bits per heavy atom. The lowest BCUT2D eigenvalue weighted by molar-refractivity contribution is -0.140. The Morgan fingerprint density at radius 3 is 2.45 bits per heavy atom. The highest BCUT2D eigenvalue weighted by molar-refractivity contribution is 9.10. The standard InChI is InChI=1S/C35H29BrCl2N4O4S/c1-21-30(33(43)46-19-22-8-4-3-5-9-22)31(42-34(39-21)40-35(41-42)47-20-24-10-6-7-11-28(24)38)25-16-27(36)32(29(17-25)44-2)45-18-23-12-14-26(37)15-13-23/h3-17,31H,18-20H2,1-2H3,(H,39,40,41). The maximum Gasteiger partial charge on any atom is 0.338 e. The molecule has 4 aromatic carbocycles. The van der Waals surface area contributed by atoms with E-state index in [1.165, 1.54) is 11.8 Å². The molecule has 0 saturated carbocycles. The van der Waals surface area contributed by atoms with Crippen LogP contribution in [0.2, 0.25) is 10.0 Å². The first-order valence-corrected chi connectivity index (χ1v) is 17.1. The number of nitrogens with zero attached hydrogens (tertiary/aromatic N) is 3. The lowest BCUT2D eigenvalue weighted by atomic mass is 9.95. The molecule has 1 aliphatic heterocycles. The van der Waals surface area contributed by atoms with Gasteiger partial charge in [-0.3, -0.25) is 0 Å². The molecule has 1 aliphatic rings. The first kappa shape index (κ1) is 33.0. The minimum Gasteiger partial charge on any atom is -0.493 e. The average Bonchev–Trinajstić information content (AvgIpc) is 3.48. The molecule has 0 saturated heterocycles. The van der Waals surface area contributed by atoms with Crippen LogP contribution < -0.4 is 14.8 Å². The molecule has 5 aromatic rings. The van der Waals surface area contributed by atoms with E-state index in [-0.39, 0.29) is 6.61 Å². The molecule has 1 aromatic heterocycles. The van der Waals surface area contributed by atoms with Crippen LogP contribution in [0, 0.1) is 0 Å². The number of carbonyl (C=O) groups excluding carboxylic acids is 1. The van der Waals surface area contributed by atoms with Crippen molar-refractivity contribution >= 4 is 62.8 Å². The molecule has 0 amide bonds. The summed E-state index contributed by atoms with van der Waals surface area (Å²) in [5, 5.41) is 9.97. The van der Waals surface area contributed by atoms with E-state index < -0.39 is 12.0 Å². The van der Waals surface area contributed by atoms with Gasteiger partial charge in [-0.25, -0.2) is 9.48 Å². The summed E-state index contributed by atoms with van der Waals surface area (Å²) in [4.78, 5) is 18.6. The first-order valence-electron chi connectivity index (χ1n) is 14.6. The van der Waals surface area contributed by atoms with Crippen molar-refractivity contribution < 1.29 is 19.0 Å². The molecule has 240 valence electrons. The molecule has 1 unspecified atom stereocenters. The number of fused-ring (bicyclic) bond motifs is 1. The van der Waals surface area contributed by atoms with Crippen LogP contribution in [0.25, 0.3) is 0 Å². The van der Waals surface area contributed by atoms with E-state index in [0.29, 0.717) is 66.3 Å². The van der Waals surface area contributed by atoms with Gasteiger partial charge in [0.05, 0.1) is 17.2 Å². The molecule has 0 spiro atoms. The van der Waals surface area contributed by atoms with Gasteiger partial charge in [-0.1, -0.05) is 95.6 Å². The largest absolute Gasteiger partial charge is 0.493 e. The molecule has 12 heteroatoms. The molecular weight excluding hydrogens is 723 g/mol. The Morgan fingerprint density at radius 1 is 0.979 bits per heavy atom. The summed E-state index contributed by atoms with van der Waals surface area (Å²) in [6.07, 6.45) is 0. The van der Waals surface area contributed by atoms with Crippen molar-refractivity contribution in [1.82, 2.24) is 14.8 Å². The summed E-state index contributed by atoms with van der Waals surface area (Å²) < 4.78 is 20.2. The van der Waals surface area contributed by atoms with Crippen LogP contribution in [0.1, 0.15) is 35.2 Å². The Kier molecular flexibility index (Phi) is 10.4. The highest BCUT2D eigenvalue weighted by Crippen LogP contribution is 2.44. The van der Waals surface area contributed by atoms with E-state index in [4.69, 9.17) is 47.5 Å². The van der Waals surface area contributed by atoms with Gasteiger partial charge in [0, 0.05) is 21.5 Å². The maximum absolute atomic E-state index is 13.8. The molecule has 0 aliphatic carbocycles. The number of halogens is 3. The summed E-state index contributed by atoms with van der Waals surface area (Å²) in [5.74, 6) is 1.58. The average molecular weight is 753 g/mol. The van der Waals surface area contributed by atoms with Crippen LogP contribution in [-0.2, 0) is 28.5 Å². The number of hydrogen-bond donors (Lipinski definition) is 1. The Balaban J connectivity index is 1.35. The van der Waals surface area contributed by atoms with Gasteiger partial charge in [-0.05, 0) is 75.4 Å². The van der Waals surface area contributed by atoms with E-state index in [0.717, 1.165) is 16.7 Å². The van der Waals surface area contributed by atoms with Gasteiger partial charge in [0.1, 0.15) is 19.3 Å². The van der Waals surface area contributed by atoms with E-state index in [2.05, 4.69) is 21.2 Å². The second-order valence-electron chi connectivity index (χ2n) is 10.6. The van der Waals surface area contributed by atoms with Crippen LogP contribution in [0.3, 0.4) is 0 Å². The number of rotatable bonds is 11.